The van der Waals surface area contributed by atoms with E-state index in [9.17, 15) is 44.3 Å². The van der Waals surface area contributed by atoms with Crippen LogP contribution in [0.4, 0.5) is 44.3 Å². The molecule has 0 aromatic heterocycles. The fourth-order valence-corrected chi connectivity index (χ4v) is 3.82. The van der Waals surface area contributed by atoms with Gasteiger partial charge in [-0.1, -0.05) is 42.5 Å². The van der Waals surface area contributed by atoms with Crippen molar-refractivity contribution in [1.82, 2.24) is 10.6 Å². The average Bonchev–Trinajstić information content (AvgIpc) is 2.83. The van der Waals surface area contributed by atoms with Crippen molar-refractivity contribution in [2.45, 2.75) is 37.1 Å². The standard InChI is InChI=1S/C26H21F9N2O2/c27-19-8-6-17(7-9-19)24(15-16-4-2-1-3-5-16,37-23(38)36-11-10-25(31,32)33)18-12-20(28)14-21(13-18)39-26(34,35)22(29)30/h1-9,12-14,22H,10-11,15H2,(H2,36,37,38). The van der Waals surface area contributed by atoms with Crippen molar-refractivity contribution in [2.24, 2.45) is 0 Å². The van der Waals surface area contributed by atoms with Crippen LogP contribution >= 0.6 is 0 Å². The molecule has 0 fully saturated rings. The van der Waals surface area contributed by atoms with Gasteiger partial charge in [-0.3, -0.25) is 0 Å². The molecule has 0 bridgehead atoms. The van der Waals surface area contributed by atoms with Crippen LogP contribution in [0.25, 0.3) is 0 Å². The second-order valence-electron chi connectivity index (χ2n) is 8.46. The lowest BCUT2D eigenvalue weighted by atomic mass is 9.77. The number of urea groups is 1. The maximum absolute atomic E-state index is 14.7. The molecule has 0 heterocycles. The number of carbonyl (C=O) groups is 1. The number of carbonyl (C=O) groups excluding carboxylic acids is 1. The molecular weight excluding hydrogens is 543 g/mol. The van der Waals surface area contributed by atoms with Crippen molar-refractivity contribution < 1.29 is 49.0 Å². The molecule has 3 aromatic rings. The SMILES string of the molecule is O=C(NCCC(F)(F)F)NC(Cc1ccccc1)(c1ccc(F)cc1)c1cc(F)cc(OC(F)(F)C(F)F)c1. The van der Waals surface area contributed by atoms with Crippen molar-refractivity contribution >= 4 is 6.03 Å². The van der Waals surface area contributed by atoms with Crippen LogP contribution in [0.3, 0.4) is 0 Å². The molecule has 0 aliphatic carbocycles. The van der Waals surface area contributed by atoms with Crippen LogP contribution in [0.15, 0.2) is 72.8 Å². The van der Waals surface area contributed by atoms with Crippen LogP contribution in [0, 0.1) is 11.6 Å². The summed E-state index contributed by atoms with van der Waals surface area (Å²) in [5.41, 5.74) is -1.69. The number of rotatable bonds is 10. The summed E-state index contributed by atoms with van der Waals surface area (Å²) in [4.78, 5) is 12.8. The van der Waals surface area contributed by atoms with Crippen molar-refractivity contribution in [1.29, 1.82) is 0 Å². The number of amides is 2. The van der Waals surface area contributed by atoms with E-state index in [1.165, 1.54) is 12.1 Å². The van der Waals surface area contributed by atoms with Crippen LogP contribution in [0.2, 0.25) is 0 Å². The van der Waals surface area contributed by atoms with Crippen molar-refractivity contribution in [3.05, 3.63) is 101 Å². The summed E-state index contributed by atoms with van der Waals surface area (Å²) in [6.07, 6.45) is -15.5. The second kappa shape index (κ2) is 11.9. The first-order chi connectivity index (χ1) is 18.2. The highest BCUT2D eigenvalue weighted by atomic mass is 19.4. The molecule has 0 saturated heterocycles. The van der Waals surface area contributed by atoms with Crippen LogP contribution in [-0.4, -0.2) is 31.3 Å². The van der Waals surface area contributed by atoms with Gasteiger partial charge in [-0.2, -0.15) is 30.7 Å². The largest absolute Gasteiger partial charge is 0.461 e. The zero-order valence-corrected chi connectivity index (χ0v) is 19.8. The third kappa shape index (κ3) is 8.04. The van der Waals surface area contributed by atoms with E-state index in [-0.39, 0.29) is 17.5 Å². The first kappa shape index (κ1) is 29.7. The lowest BCUT2D eigenvalue weighted by Crippen LogP contribution is -2.52. The molecule has 1 atom stereocenters. The molecule has 2 N–H and O–H groups in total. The predicted octanol–water partition coefficient (Wildman–Crippen LogP) is 6.94. The van der Waals surface area contributed by atoms with E-state index in [0.29, 0.717) is 11.6 Å². The Balaban J connectivity index is 2.17. The molecule has 210 valence electrons. The molecule has 4 nitrogen and oxygen atoms in total. The summed E-state index contributed by atoms with van der Waals surface area (Å²) in [5, 5.41) is 4.48. The van der Waals surface area contributed by atoms with Gasteiger partial charge in [-0.05, 0) is 41.0 Å². The van der Waals surface area contributed by atoms with E-state index in [1.807, 2.05) is 5.32 Å². The Kier molecular flexibility index (Phi) is 9.03. The molecule has 3 rings (SSSR count). The minimum atomic E-state index is -4.99. The zero-order chi connectivity index (χ0) is 28.8. The summed E-state index contributed by atoms with van der Waals surface area (Å²) in [7, 11) is 0. The Morgan fingerprint density at radius 2 is 1.46 bits per heavy atom. The van der Waals surface area contributed by atoms with Gasteiger partial charge in [-0.25, -0.2) is 13.6 Å². The van der Waals surface area contributed by atoms with Crippen LogP contribution in [0.1, 0.15) is 23.1 Å². The number of benzene rings is 3. The summed E-state index contributed by atoms with van der Waals surface area (Å²) in [6, 6.07) is 13.2. The van der Waals surface area contributed by atoms with E-state index in [0.717, 1.165) is 24.3 Å². The number of hydrogen-bond donors (Lipinski definition) is 2. The molecule has 2 amide bonds. The molecule has 0 radical (unpaired) electrons. The highest BCUT2D eigenvalue weighted by Crippen LogP contribution is 2.38. The van der Waals surface area contributed by atoms with Crippen LogP contribution in [-0.2, 0) is 12.0 Å². The molecule has 0 aliphatic rings. The Morgan fingerprint density at radius 3 is 2.05 bits per heavy atom. The van der Waals surface area contributed by atoms with Crippen LogP contribution < -0.4 is 15.4 Å². The smallest absolute Gasteiger partial charge is 0.428 e. The highest BCUT2D eigenvalue weighted by Gasteiger charge is 2.45. The van der Waals surface area contributed by atoms with Gasteiger partial charge in [0.25, 0.3) is 0 Å². The Labute approximate surface area is 216 Å². The van der Waals surface area contributed by atoms with E-state index >= 15 is 0 Å². The van der Waals surface area contributed by atoms with Crippen LogP contribution in [0.5, 0.6) is 5.75 Å². The monoisotopic (exact) mass is 564 g/mol. The first-order valence-electron chi connectivity index (χ1n) is 11.3. The van der Waals surface area contributed by atoms with Gasteiger partial charge < -0.3 is 15.4 Å². The Morgan fingerprint density at radius 1 is 0.821 bits per heavy atom. The van der Waals surface area contributed by atoms with Gasteiger partial charge in [0.05, 0.1) is 12.0 Å². The minimum Gasteiger partial charge on any atom is -0.428 e. The number of ether oxygens (including phenoxy) is 1. The number of alkyl halides is 7. The fraction of sp³-hybridized carbons (Fsp3) is 0.269. The van der Waals surface area contributed by atoms with Gasteiger partial charge in [0.2, 0.25) is 0 Å². The van der Waals surface area contributed by atoms with Crippen molar-refractivity contribution in [3.8, 4) is 5.75 Å². The summed E-state index contributed by atoms with van der Waals surface area (Å²) in [5.74, 6) is -2.94. The molecule has 0 aliphatic heterocycles. The minimum absolute atomic E-state index is 0.0656. The average molecular weight is 564 g/mol. The molecule has 13 heteroatoms. The Hall–Kier alpha value is -3.90. The van der Waals surface area contributed by atoms with E-state index in [4.69, 9.17) is 0 Å². The third-order valence-corrected chi connectivity index (χ3v) is 5.54. The quantitative estimate of drug-likeness (QED) is 0.262. The lowest BCUT2D eigenvalue weighted by molar-refractivity contribution is -0.253. The van der Waals surface area contributed by atoms with E-state index < -0.39 is 60.6 Å². The van der Waals surface area contributed by atoms with E-state index in [2.05, 4.69) is 10.1 Å². The van der Waals surface area contributed by atoms with Gasteiger partial charge in [0, 0.05) is 19.0 Å². The second-order valence-corrected chi connectivity index (χ2v) is 8.46. The third-order valence-electron chi connectivity index (χ3n) is 5.54. The lowest BCUT2D eigenvalue weighted by Gasteiger charge is -2.37. The maximum atomic E-state index is 14.7. The van der Waals surface area contributed by atoms with Gasteiger partial charge >= 0.3 is 24.7 Å². The number of halogens is 9. The number of nitrogens with one attached hydrogen (secondary N) is 2. The molecule has 0 saturated carbocycles. The van der Waals surface area contributed by atoms with Crippen molar-refractivity contribution in [2.75, 3.05) is 6.54 Å². The maximum Gasteiger partial charge on any atom is 0.461 e. The summed E-state index contributed by atoms with van der Waals surface area (Å²) >= 11 is 0. The highest BCUT2D eigenvalue weighted by molar-refractivity contribution is 5.76. The molecule has 39 heavy (non-hydrogen) atoms. The zero-order valence-electron chi connectivity index (χ0n) is 19.8. The first-order valence-corrected chi connectivity index (χ1v) is 11.3. The normalized spacial score (nSPS) is 13.6. The molecule has 1 unspecified atom stereocenters. The molecule has 0 spiro atoms. The van der Waals surface area contributed by atoms with Gasteiger partial charge in [0.1, 0.15) is 17.4 Å². The molecular formula is C26H21F9N2O2. The van der Waals surface area contributed by atoms with Gasteiger partial charge in [-0.15, -0.1) is 0 Å². The molecule has 3 aromatic carbocycles. The summed E-state index contributed by atoms with van der Waals surface area (Å²) in [6.45, 7) is -0.835. The number of hydrogen-bond acceptors (Lipinski definition) is 2. The Bertz CT molecular complexity index is 1250. The van der Waals surface area contributed by atoms with Gasteiger partial charge in [0.15, 0.2) is 0 Å². The summed E-state index contributed by atoms with van der Waals surface area (Å²) < 4.78 is 123. The van der Waals surface area contributed by atoms with Crippen molar-refractivity contribution in [3.63, 3.8) is 0 Å². The topological polar surface area (TPSA) is 50.4 Å². The predicted molar refractivity (Wildman–Crippen MR) is 123 cm³/mol. The van der Waals surface area contributed by atoms with E-state index in [1.54, 1.807) is 30.3 Å². The fourth-order valence-electron chi connectivity index (χ4n) is 3.82.